The molecule has 2 aromatic heterocycles. The Kier molecular flexibility index (Phi) is 9.55. The molecule has 0 spiro atoms. The second kappa shape index (κ2) is 13.7. The highest BCUT2D eigenvalue weighted by molar-refractivity contribution is 6.74. The Balaban J connectivity index is 1.34. The van der Waals surface area contributed by atoms with Gasteiger partial charge in [0.25, 0.3) is 0 Å². The van der Waals surface area contributed by atoms with Crippen molar-refractivity contribution in [3.05, 3.63) is 89.7 Å². The lowest BCUT2D eigenvalue weighted by Gasteiger charge is -2.38. The number of anilines is 2. The van der Waals surface area contributed by atoms with Crippen LogP contribution < -0.4 is 10.2 Å². The van der Waals surface area contributed by atoms with Crippen LogP contribution in [-0.4, -0.2) is 56.1 Å². The van der Waals surface area contributed by atoms with E-state index in [9.17, 15) is 9.59 Å². The molecule has 1 aliphatic heterocycles. The van der Waals surface area contributed by atoms with Crippen molar-refractivity contribution in [2.75, 3.05) is 29.9 Å². The normalized spacial score (nSPS) is 15.2. The Morgan fingerprint density at radius 1 is 1.02 bits per heavy atom. The van der Waals surface area contributed by atoms with E-state index in [1.165, 1.54) is 0 Å². The van der Waals surface area contributed by atoms with Crippen LogP contribution in [-0.2, 0) is 20.5 Å². The Labute approximate surface area is 289 Å². The number of aromatic nitrogens is 2. The van der Waals surface area contributed by atoms with Gasteiger partial charge in [-0.15, -0.1) is 0 Å². The first-order valence-electron chi connectivity index (χ1n) is 17.0. The lowest BCUT2D eigenvalue weighted by molar-refractivity contribution is 0.0522. The highest BCUT2D eigenvalue weighted by Gasteiger charge is 2.40. The molecule has 256 valence electrons. The van der Waals surface area contributed by atoms with E-state index >= 15 is 0 Å². The molecule has 1 atom stereocenters. The van der Waals surface area contributed by atoms with Crippen molar-refractivity contribution < 1.29 is 23.5 Å². The van der Waals surface area contributed by atoms with Crippen LogP contribution in [0.3, 0.4) is 0 Å². The van der Waals surface area contributed by atoms with Crippen LogP contribution in [0.5, 0.6) is 0 Å². The fourth-order valence-corrected chi connectivity index (χ4v) is 7.62. The van der Waals surface area contributed by atoms with E-state index in [0.29, 0.717) is 11.2 Å². The topological polar surface area (TPSA) is 106 Å². The fourth-order valence-electron chi connectivity index (χ4n) is 6.24. The van der Waals surface area contributed by atoms with E-state index in [4.69, 9.17) is 13.9 Å². The largest absolute Gasteiger partial charge is 0.461 e. The molecule has 9 nitrogen and oxygen atoms in total. The first kappa shape index (κ1) is 34.2. The summed E-state index contributed by atoms with van der Waals surface area (Å²) in [5, 5.41) is 4.90. The maximum absolute atomic E-state index is 13.1. The molecule has 0 bridgehead atoms. The summed E-state index contributed by atoms with van der Waals surface area (Å²) in [6.07, 6.45) is 2.37. The van der Waals surface area contributed by atoms with Crippen LogP contribution >= 0.6 is 0 Å². The number of ether oxygens (including phenoxy) is 2. The molecule has 10 heteroatoms. The monoisotopic (exact) mass is 678 g/mol. The molecule has 49 heavy (non-hydrogen) atoms. The van der Waals surface area contributed by atoms with Crippen LogP contribution in [0.2, 0.25) is 18.1 Å². The molecule has 3 heterocycles. The van der Waals surface area contributed by atoms with Crippen molar-refractivity contribution in [2.45, 2.75) is 71.9 Å². The predicted molar refractivity (Wildman–Crippen MR) is 199 cm³/mol. The third kappa shape index (κ3) is 7.07. The average Bonchev–Trinajstić information content (AvgIpc) is 3.69. The summed E-state index contributed by atoms with van der Waals surface area (Å²) in [7, 11) is -1.88. The Bertz CT molecular complexity index is 2000. The number of aromatic amines is 1. The molecule has 1 amide bonds. The molecule has 1 aliphatic rings. The lowest BCUT2D eigenvalue weighted by atomic mass is 9.96. The van der Waals surface area contributed by atoms with Crippen molar-refractivity contribution in [1.29, 1.82) is 0 Å². The van der Waals surface area contributed by atoms with Crippen molar-refractivity contribution in [1.82, 2.24) is 9.97 Å². The number of pyridine rings is 1. The van der Waals surface area contributed by atoms with Crippen LogP contribution in [0, 0.1) is 6.92 Å². The van der Waals surface area contributed by atoms with Gasteiger partial charge in [0.05, 0.1) is 18.2 Å². The van der Waals surface area contributed by atoms with E-state index < -0.39 is 20.4 Å². The summed E-state index contributed by atoms with van der Waals surface area (Å²) in [5.74, 6) is -0.482. The number of nitrogens with one attached hydrogen (secondary N) is 2. The third-order valence-electron chi connectivity index (χ3n) is 9.93. The van der Waals surface area contributed by atoms with Gasteiger partial charge in [-0.1, -0.05) is 69.3 Å². The van der Waals surface area contributed by atoms with Gasteiger partial charge in [0, 0.05) is 52.5 Å². The van der Waals surface area contributed by atoms with E-state index in [-0.39, 0.29) is 30.0 Å². The van der Waals surface area contributed by atoms with Gasteiger partial charge in [0.1, 0.15) is 6.61 Å². The number of hydrogen-bond acceptors (Lipinski definition) is 7. The van der Waals surface area contributed by atoms with Crippen LogP contribution in [0.25, 0.3) is 32.9 Å². The number of hydrogen-bond donors (Lipinski definition) is 2. The summed E-state index contributed by atoms with van der Waals surface area (Å²) in [4.78, 5) is 36.4. The molecule has 2 N–H and O–H groups in total. The van der Waals surface area contributed by atoms with Crippen molar-refractivity contribution in [3.8, 4) is 11.1 Å². The van der Waals surface area contributed by atoms with Crippen LogP contribution in [0.4, 0.5) is 16.2 Å². The third-order valence-corrected chi connectivity index (χ3v) is 14.5. The highest BCUT2D eigenvalue weighted by Crippen LogP contribution is 2.41. The van der Waals surface area contributed by atoms with Gasteiger partial charge in [0.2, 0.25) is 0 Å². The van der Waals surface area contributed by atoms with Gasteiger partial charge in [-0.3, -0.25) is 5.32 Å². The zero-order chi connectivity index (χ0) is 34.9. The second-order valence-electron chi connectivity index (χ2n) is 14.2. The maximum atomic E-state index is 13.1. The van der Waals surface area contributed by atoms with Crippen molar-refractivity contribution >= 4 is 53.6 Å². The van der Waals surface area contributed by atoms with Crippen molar-refractivity contribution in [3.63, 3.8) is 0 Å². The van der Waals surface area contributed by atoms with E-state index in [2.05, 4.69) is 72.2 Å². The van der Waals surface area contributed by atoms with Crippen LogP contribution in [0.1, 0.15) is 55.7 Å². The minimum absolute atomic E-state index is 0.158. The van der Waals surface area contributed by atoms with Gasteiger partial charge in [-0.05, 0) is 73.3 Å². The fraction of sp³-hybridized carbons (Fsp3) is 0.359. The molecule has 0 radical (unpaired) electrons. The minimum atomic E-state index is -1.88. The SMILES string of the molecule is CCOC(=O)c1ncc(-c2cccc(NC(=O)OCc3ccccc3)c2C)c2c1[nH]c1cc(N3CCC(O[Si](C)(C)C(C)(C)C)C3)ccc12. The molecular weight excluding hydrogens is 633 g/mol. The molecule has 6 rings (SSSR count). The standard InChI is InChI=1S/C39H46N4O5Si/c1-8-46-37(44)36-35-34(30-18-17-27(21-33(30)41-35)43-20-19-28(23-43)48-49(6,7)39(3,4)5)31(22-40-36)29-15-12-16-32(25(29)2)42-38(45)47-24-26-13-10-9-11-14-26/h9-18,21-22,28,41H,8,19-20,23-24H2,1-7H3,(H,42,45). The van der Waals surface area contributed by atoms with Gasteiger partial charge in [0.15, 0.2) is 14.0 Å². The molecule has 1 saturated heterocycles. The predicted octanol–water partition coefficient (Wildman–Crippen LogP) is 9.22. The number of carbonyl (C=O) groups is 2. The molecule has 0 aliphatic carbocycles. The number of fused-ring (bicyclic) bond motifs is 3. The number of nitrogens with zero attached hydrogens (tertiary/aromatic N) is 2. The number of H-pyrrole nitrogens is 1. The molecule has 1 fully saturated rings. The molecule has 5 aromatic rings. The Morgan fingerprint density at radius 3 is 2.53 bits per heavy atom. The molecular formula is C39H46N4O5Si. The minimum Gasteiger partial charge on any atom is -0.461 e. The molecule has 3 aromatic carbocycles. The second-order valence-corrected chi connectivity index (χ2v) is 19.0. The number of carbonyl (C=O) groups excluding carboxylic acids is 2. The number of esters is 1. The van der Waals surface area contributed by atoms with Crippen molar-refractivity contribution in [2.24, 2.45) is 0 Å². The first-order valence-corrected chi connectivity index (χ1v) is 19.9. The number of benzene rings is 3. The maximum Gasteiger partial charge on any atom is 0.411 e. The summed E-state index contributed by atoms with van der Waals surface area (Å²) in [6.45, 7) is 17.4. The van der Waals surface area contributed by atoms with Gasteiger partial charge in [-0.2, -0.15) is 0 Å². The zero-order valence-corrected chi connectivity index (χ0v) is 30.5. The van der Waals surface area contributed by atoms with E-state index in [1.54, 1.807) is 13.1 Å². The zero-order valence-electron chi connectivity index (χ0n) is 29.5. The Hall–Kier alpha value is -4.67. The van der Waals surface area contributed by atoms with Gasteiger partial charge >= 0.3 is 12.1 Å². The number of amides is 1. The summed E-state index contributed by atoms with van der Waals surface area (Å²) in [5.41, 5.74) is 6.95. The number of rotatable bonds is 9. The van der Waals surface area contributed by atoms with Gasteiger partial charge < -0.3 is 23.8 Å². The highest BCUT2D eigenvalue weighted by atomic mass is 28.4. The lowest BCUT2D eigenvalue weighted by Crippen LogP contribution is -2.44. The van der Waals surface area contributed by atoms with E-state index in [1.807, 2.05) is 55.5 Å². The Morgan fingerprint density at radius 2 is 1.80 bits per heavy atom. The molecule has 1 unspecified atom stereocenters. The quantitative estimate of drug-likeness (QED) is 0.118. The molecule has 0 saturated carbocycles. The smallest absolute Gasteiger partial charge is 0.411 e. The van der Waals surface area contributed by atoms with E-state index in [0.717, 1.165) is 63.7 Å². The summed E-state index contributed by atoms with van der Waals surface area (Å²) < 4.78 is 17.6. The van der Waals surface area contributed by atoms with Crippen LogP contribution in [0.15, 0.2) is 72.9 Å². The summed E-state index contributed by atoms with van der Waals surface area (Å²) in [6, 6.07) is 21.7. The average molecular weight is 679 g/mol. The summed E-state index contributed by atoms with van der Waals surface area (Å²) >= 11 is 0. The van der Waals surface area contributed by atoms with Gasteiger partial charge in [-0.25, -0.2) is 14.6 Å². The first-order chi connectivity index (χ1) is 23.4.